The fourth-order valence-electron chi connectivity index (χ4n) is 6.76. The topological polar surface area (TPSA) is 21.6 Å². The van der Waals surface area contributed by atoms with Gasteiger partial charge in [-0.25, -0.2) is 0 Å². The Balaban J connectivity index is 1.66. The van der Waals surface area contributed by atoms with Crippen LogP contribution in [-0.4, -0.2) is 29.3 Å². The predicted molar refractivity (Wildman–Crippen MR) is 90.8 cm³/mol. The van der Waals surface area contributed by atoms with Crippen molar-refractivity contribution in [3.63, 3.8) is 0 Å². The van der Waals surface area contributed by atoms with E-state index in [1.807, 2.05) is 0 Å². The van der Waals surface area contributed by atoms with Crippen LogP contribution in [0.1, 0.15) is 64.7 Å². The molecule has 0 bridgehead atoms. The largest absolute Gasteiger partial charge is 0.427 e. The minimum absolute atomic E-state index is 0.456. The first kappa shape index (κ1) is 14.4. The summed E-state index contributed by atoms with van der Waals surface area (Å²) >= 11 is 0. The van der Waals surface area contributed by atoms with E-state index in [-0.39, 0.29) is 0 Å². The van der Waals surface area contributed by atoms with Crippen molar-refractivity contribution in [3.05, 3.63) is 0 Å². The molecule has 21 heavy (non-hydrogen) atoms. The van der Waals surface area contributed by atoms with Crippen molar-refractivity contribution >= 4 is 16.2 Å². The first-order chi connectivity index (χ1) is 10.2. The fourth-order valence-corrected chi connectivity index (χ4v) is 7.33. The maximum absolute atomic E-state index is 5.80. The third-order valence-corrected chi connectivity index (χ3v) is 8.01. The van der Waals surface area contributed by atoms with Crippen LogP contribution in [0.15, 0.2) is 4.99 Å². The summed E-state index contributed by atoms with van der Waals surface area (Å²) in [5, 5.41) is 0. The van der Waals surface area contributed by atoms with Crippen LogP contribution < -0.4 is 0 Å². The van der Waals surface area contributed by atoms with Crippen molar-refractivity contribution in [1.29, 1.82) is 0 Å². The van der Waals surface area contributed by atoms with E-state index in [2.05, 4.69) is 6.92 Å². The van der Waals surface area contributed by atoms with Crippen molar-refractivity contribution in [2.24, 2.45) is 33.6 Å². The smallest absolute Gasteiger partial charge is 0.145 e. The lowest BCUT2D eigenvalue weighted by atomic mass is 9.50. The van der Waals surface area contributed by atoms with E-state index in [0.717, 1.165) is 41.4 Å². The third-order valence-electron chi connectivity index (χ3n) is 7.73. The Morgan fingerprint density at radius 1 is 1.14 bits per heavy atom. The van der Waals surface area contributed by atoms with Gasteiger partial charge >= 0.3 is 0 Å². The standard InChI is InChI=1S/C18H31NOSi/c1-17-8-3-2-6-16(17)19-11-13-14(17)7-10-18(12-20-21)9-4-5-15(13)18/h13-15H,2-12H2,1,21H3/t13-,14+,15+,17-,18+/m1/s1. The van der Waals surface area contributed by atoms with E-state index in [1.165, 1.54) is 57.8 Å². The molecular weight excluding hydrogens is 274 g/mol. The van der Waals surface area contributed by atoms with Crippen molar-refractivity contribution in [2.75, 3.05) is 13.2 Å². The molecular formula is C18H31NOSi. The van der Waals surface area contributed by atoms with Crippen LogP contribution in [0.4, 0.5) is 0 Å². The normalized spacial score (nSPS) is 49.2. The highest BCUT2D eigenvalue weighted by Crippen LogP contribution is 2.62. The molecule has 3 heteroatoms. The van der Waals surface area contributed by atoms with E-state index in [1.54, 1.807) is 5.71 Å². The van der Waals surface area contributed by atoms with Crippen LogP contribution in [-0.2, 0) is 4.43 Å². The molecule has 0 spiro atoms. The van der Waals surface area contributed by atoms with Crippen molar-refractivity contribution in [3.8, 4) is 0 Å². The molecule has 5 atom stereocenters. The van der Waals surface area contributed by atoms with Gasteiger partial charge in [0.1, 0.15) is 10.5 Å². The lowest BCUT2D eigenvalue weighted by Gasteiger charge is -2.56. The lowest BCUT2D eigenvalue weighted by molar-refractivity contribution is -0.0384. The molecule has 3 saturated carbocycles. The quantitative estimate of drug-likeness (QED) is 0.718. The summed E-state index contributed by atoms with van der Waals surface area (Å²) in [5.41, 5.74) is 2.60. The molecule has 1 heterocycles. The van der Waals surface area contributed by atoms with Gasteiger partial charge in [0.05, 0.1) is 0 Å². The van der Waals surface area contributed by atoms with E-state index < -0.39 is 0 Å². The van der Waals surface area contributed by atoms with E-state index in [9.17, 15) is 0 Å². The van der Waals surface area contributed by atoms with Gasteiger partial charge in [-0.3, -0.25) is 4.99 Å². The molecule has 0 N–H and O–H groups in total. The van der Waals surface area contributed by atoms with Crippen LogP contribution in [0.25, 0.3) is 0 Å². The summed E-state index contributed by atoms with van der Waals surface area (Å²) in [6.07, 6.45) is 12.7. The predicted octanol–water partition coefficient (Wildman–Crippen LogP) is 3.13. The molecule has 3 aliphatic carbocycles. The van der Waals surface area contributed by atoms with Gasteiger partial charge in [-0.1, -0.05) is 19.8 Å². The van der Waals surface area contributed by atoms with Gasteiger partial charge in [0.2, 0.25) is 0 Å². The van der Waals surface area contributed by atoms with Crippen molar-refractivity contribution < 1.29 is 4.43 Å². The maximum atomic E-state index is 5.80. The minimum Gasteiger partial charge on any atom is -0.427 e. The van der Waals surface area contributed by atoms with Crippen LogP contribution in [0.3, 0.4) is 0 Å². The van der Waals surface area contributed by atoms with Gasteiger partial charge in [0, 0.05) is 24.3 Å². The van der Waals surface area contributed by atoms with E-state index >= 15 is 0 Å². The molecule has 0 unspecified atom stereocenters. The van der Waals surface area contributed by atoms with Gasteiger partial charge in [0.15, 0.2) is 0 Å². The third kappa shape index (κ3) is 2.03. The summed E-state index contributed by atoms with van der Waals surface area (Å²) in [6, 6.07) is 0. The Hall–Kier alpha value is -0.153. The van der Waals surface area contributed by atoms with Crippen molar-refractivity contribution in [2.45, 2.75) is 64.7 Å². The Morgan fingerprint density at radius 2 is 2.05 bits per heavy atom. The van der Waals surface area contributed by atoms with E-state index in [4.69, 9.17) is 9.42 Å². The first-order valence-electron chi connectivity index (χ1n) is 9.22. The highest BCUT2D eigenvalue weighted by molar-refractivity contribution is 5.98. The summed E-state index contributed by atoms with van der Waals surface area (Å²) in [5.74, 6) is 2.70. The van der Waals surface area contributed by atoms with Gasteiger partial charge < -0.3 is 4.43 Å². The highest BCUT2D eigenvalue weighted by atomic mass is 28.2. The number of fused-ring (bicyclic) bond motifs is 5. The SMILES string of the molecule is C[C@]12CCCCC1=NC[C@H]1[C@@H]3CCC[C@@]3(CO[SiH3])CC[C@@H]12. The number of rotatable bonds is 2. The fraction of sp³-hybridized carbons (Fsp3) is 0.944. The molecule has 0 saturated heterocycles. The molecule has 0 aromatic heterocycles. The second-order valence-electron chi connectivity index (χ2n) is 8.52. The van der Waals surface area contributed by atoms with Gasteiger partial charge in [-0.05, 0) is 68.1 Å². The number of hydrogen-bond donors (Lipinski definition) is 0. The van der Waals surface area contributed by atoms with Crippen LogP contribution in [0.5, 0.6) is 0 Å². The molecule has 4 rings (SSSR count). The first-order valence-corrected chi connectivity index (χ1v) is 10.0. The number of hydrogen-bond acceptors (Lipinski definition) is 2. The Bertz CT molecular complexity index is 450. The number of nitrogens with zero attached hydrogens (tertiary/aromatic N) is 1. The van der Waals surface area contributed by atoms with Crippen molar-refractivity contribution in [1.82, 2.24) is 0 Å². The zero-order valence-corrected chi connectivity index (χ0v) is 15.9. The second kappa shape index (κ2) is 5.19. The molecule has 0 aromatic rings. The average Bonchev–Trinajstić information content (AvgIpc) is 2.91. The summed E-state index contributed by atoms with van der Waals surface area (Å²) in [4.78, 5) is 5.14. The highest BCUT2D eigenvalue weighted by Gasteiger charge is 2.57. The maximum Gasteiger partial charge on any atom is 0.145 e. The molecule has 0 amide bonds. The zero-order chi connectivity index (χ0) is 14.5. The lowest BCUT2D eigenvalue weighted by Crippen LogP contribution is -2.54. The Morgan fingerprint density at radius 3 is 2.90 bits per heavy atom. The Labute approximate surface area is 132 Å². The van der Waals surface area contributed by atoms with Gasteiger partial charge in [-0.2, -0.15) is 0 Å². The average molecular weight is 306 g/mol. The van der Waals surface area contributed by atoms with E-state index in [0.29, 0.717) is 10.8 Å². The summed E-state index contributed by atoms with van der Waals surface area (Å²) < 4.78 is 5.80. The van der Waals surface area contributed by atoms with Crippen LogP contribution >= 0.6 is 0 Å². The molecule has 0 aromatic carbocycles. The van der Waals surface area contributed by atoms with Crippen LogP contribution in [0.2, 0.25) is 0 Å². The molecule has 1 aliphatic heterocycles. The van der Waals surface area contributed by atoms with Gasteiger partial charge in [0.25, 0.3) is 0 Å². The summed E-state index contributed by atoms with van der Waals surface area (Å²) in [6.45, 7) is 4.76. The molecule has 3 fully saturated rings. The molecule has 2 nitrogen and oxygen atoms in total. The summed E-state index contributed by atoms with van der Waals surface area (Å²) in [7, 11) is 0.903. The molecule has 118 valence electrons. The zero-order valence-electron chi connectivity index (χ0n) is 13.9. The Kier molecular flexibility index (Phi) is 3.57. The number of aliphatic imine (C=N–C) groups is 1. The molecule has 4 aliphatic rings. The minimum atomic E-state index is 0.456. The molecule has 0 radical (unpaired) electrons. The second-order valence-corrected chi connectivity index (χ2v) is 9.09. The monoisotopic (exact) mass is 305 g/mol. The van der Waals surface area contributed by atoms with Gasteiger partial charge in [-0.15, -0.1) is 0 Å². The van der Waals surface area contributed by atoms with Crippen LogP contribution in [0, 0.1) is 28.6 Å².